The summed E-state index contributed by atoms with van der Waals surface area (Å²) < 4.78 is 6.07. The van der Waals surface area contributed by atoms with E-state index in [2.05, 4.69) is 26.6 Å². The molecule has 170 valence electrons. The number of carbonyl (C=O) groups is 2. The maximum absolute atomic E-state index is 12.3. The average Bonchev–Trinajstić information content (AvgIpc) is 3.28. The summed E-state index contributed by atoms with van der Waals surface area (Å²) in [4.78, 5) is 30.8. The van der Waals surface area contributed by atoms with Crippen LogP contribution in [-0.4, -0.2) is 65.2 Å². The standard InChI is InChI=1S/C24H30N4O4/c29-23(18-5-2-1-3-6-18)27-21(24(30)31)11-14-28-13-10-20(15-28)32-16-19-9-8-17-7-4-12-25-22(17)26-19/h1-3,5-6,8-9,20-21H,4,7,10-16H2,(H,25,26)(H,27,29)(H,30,31). The number of likely N-dealkylation sites (tertiary alicyclic amines) is 1. The number of carboxylic acid groups (broad SMARTS) is 1. The quantitative estimate of drug-likeness (QED) is 0.552. The SMILES string of the molecule is O=C(NC(CCN1CCC(OCc2ccc3c(n2)NCCC3)C1)C(=O)O)c1ccccc1. The summed E-state index contributed by atoms with van der Waals surface area (Å²) in [6, 6.07) is 11.9. The van der Waals surface area contributed by atoms with Crippen molar-refractivity contribution in [1.82, 2.24) is 15.2 Å². The topological polar surface area (TPSA) is 104 Å². The summed E-state index contributed by atoms with van der Waals surface area (Å²) in [7, 11) is 0. The number of aryl methyl sites for hydroxylation is 1. The van der Waals surface area contributed by atoms with Gasteiger partial charge in [0, 0.05) is 31.7 Å². The van der Waals surface area contributed by atoms with Gasteiger partial charge in [-0.3, -0.25) is 4.79 Å². The fourth-order valence-electron chi connectivity index (χ4n) is 4.19. The first kappa shape index (κ1) is 22.2. The highest BCUT2D eigenvalue weighted by Gasteiger charge is 2.26. The zero-order valence-electron chi connectivity index (χ0n) is 18.1. The van der Waals surface area contributed by atoms with Gasteiger partial charge in [-0.2, -0.15) is 0 Å². The number of aromatic nitrogens is 1. The van der Waals surface area contributed by atoms with Gasteiger partial charge in [-0.05, 0) is 49.4 Å². The van der Waals surface area contributed by atoms with Gasteiger partial charge in [-0.25, -0.2) is 9.78 Å². The number of nitrogens with zero attached hydrogens (tertiary/aromatic N) is 2. The van der Waals surface area contributed by atoms with E-state index in [-0.39, 0.29) is 12.0 Å². The van der Waals surface area contributed by atoms with E-state index in [4.69, 9.17) is 4.74 Å². The van der Waals surface area contributed by atoms with Crippen LogP contribution in [0.15, 0.2) is 42.5 Å². The number of nitrogens with one attached hydrogen (secondary N) is 2. The van der Waals surface area contributed by atoms with Crippen molar-refractivity contribution in [3.8, 4) is 0 Å². The molecule has 8 heteroatoms. The van der Waals surface area contributed by atoms with E-state index >= 15 is 0 Å². The van der Waals surface area contributed by atoms with E-state index in [1.807, 2.05) is 12.1 Å². The second-order valence-electron chi connectivity index (χ2n) is 8.38. The first-order valence-electron chi connectivity index (χ1n) is 11.2. The smallest absolute Gasteiger partial charge is 0.326 e. The number of ether oxygens (including phenoxy) is 1. The Hall–Kier alpha value is -2.97. The maximum Gasteiger partial charge on any atom is 0.326 e. The number of anilines is 1. The molecule has 2 aliphatic heterocycles. The lowest BCUT2D eigenvalue weighted by atomic mass is 10.1. The first-order valence-corrected chi connectivity index (χ1v) is 11.2. The van der Waals surface area contributed by atoms with Gasteiger partial charge < -0.3 is 25.4 Å². The summed E-state index contributed by atoms with van der Waals surface area (Å²) in [6.45, 7) is 3.63. The average molecular weight is 439 g/mol. The lowest BCUT2D eigenvalue weighted by Gasteiger charge is -2.20. The number of fused-ring (bicyclic) bond motifs is 1. The van der Waals surface area contributed by atoms with E-state index < -0.39 is 12.0 Å². The number of carbonyl (C=O) groups excluding carboxylic acids is 1. The number of pyridine rings is 1. The maximum atomic E-state index is 12.3. The van der Waals surface area contributed by atoms with Crippen LogP contribution in [-0.2, 0) is 22.6 Å². The summed E-state index contributed by atoms with van der Waals surface area (Å²) in [5, 5.41) is 15.5. The van der Waals surface area contributed by atoms with Crippen LogP contribution in [0.5, 0.6) is 0 Å². The van der Waals surface area contributed by atoms with Gasteiger partial charge in [0.2, 0.25) is 0 Å². The lowest BCUT2D eigenvalue weighted by molar-refractivity contribution is -0.139. The van der Waals surface area contributed by atoms with E-state index in [1.165, 1.54) is 5.56 Å². The fourth-order valence-corrected chi connectivity index (χ4v) is 4.19. The van der Waals surface area contributed by atoms with Crippen molar-refractivity contribution in [2.24, 2.45) is 0 Å². The number of benzene rings is 1. The molecule has 1 amide bonds. The van der Waals surface area contributed by atoms with Crippen molar-refractivity contribution >= 4 is 17.7 Å². The van der Waals surface area contributed by atoms with Crippen molar-refractivity contribution in [3.05, 3.63) is 59.3 Å². The van der Waals surface area contributed by atoms with Crippen molar-refractivity contribution in [2.45, 2.75) is 44.4 Å². The Labute approximate surface area is 188 Å². The van der Waals surface area contributed by atoms with Crippen LogP contribution in [0.3, 0.4) is 0 Å². The summed E-state index contributed by atoms with van der Waals surface area (Å²) >= 11 is 0. The van der Waals surface area contributed by atoms with Crippen LogP contribution in [0.4, 0.5) is 5.82 Å². The summed E-state index contributed by atoms with van der Waals surface area (Å²) in [5.41, 5.74) is 2.64. The molecule has 2 unspecified atom stereocenters. The molecule has 3 heterocycles. The molecule has 3 N–H and O–H groups in total. The van der Waals surface area contributed by atoms with E-state index in [0.29, 0.717) is 25.1 Å². The molecule has 1 aromatic heterocycles. The molecule has 2 atom stereocenters. The molecule has 1 aromatic carbocycles. The molecule has 2 aromatic rings. The second-order valence-corrected chi connectivity index (χ2v) is 8.38. The first-order chi connectivity index (χ1) is 15.6. The van der Waals surface area contributed by atoms with Crippen LogP contribution in [0.25, 0.3) is 0 Å². The van der Waals surface area contributed by atoms with E-state index in [1.54, 1.807) is 24.3 Å². The molecular formula is C24H30N4O4. The fraction of sp³-hybridized carbons (Fsp3) is 0.458. The van der Waals surface area contributed by atoms with Gasteiger partial charge in [-0.1, -0.05) is 24.3 Å². The minimum Gasteiger partial charge on any atom is -0.480 e. The molecule has 0 radical (unpaired) electrons. The third-order valence-electron chi connectivity index (χ3n) is 6.02. The third-order valence-corrected chi connectivity index (χ3v) is 6.02. The highest BCUT2D eigenvalue weighted by Crippen LogP contribution is 2.21. The minimum atomic E-state index is -1.02. The van der Waals surface area contributed by atoms with Crippen LogP contribution < -0.4 is 10.6 Å². The predicted octanol–water partition coefficient (Wildman–Crippen LogP) is 2.30. The van der Waals surface area contributed by atoms with Crippen LogP contribution in [0, 0.1) is 0 Å². The third kappa shape index (κ3) is 5.83. The van der Waals surface area contributed by atoms with Crippen LogP contribution >= 0.6 is 0 Å². The summed E-state index contributed by atoms with van der Waals surface area (Å²) in [5.74, 6) is -0.413. The number of hydrogen-bond donors (Lipinski definition) is 3. The number of carboxylic acids is 1. The molecule has 2 aliphatic rings. The number of hydrogen-bond acceptors (Lipinski definition) is 6. The highest BCUT2D eigenvalue weighted by molar-refractivity contribution is 5.96. The summed E-state index contributed by atoms with van der Waals surface area (Å²) in [6.07, 6.45) is 3.55. The monoisotopic (exact) mass is 438 g/mol. The molecule has 8 nitrogen and oxygen atoms in total. The van der Waals surface area contributed by atoms with Crippen LogP contribution in [0.1, 0.15) is 40.9 Å². The number of aliphatic carboxylic acids is 1. The molecule has 4 rings (SSSR count). The Morgan fingerprint density at radius 1 is 1.25 bits per heavy atom. The second kappa shape index (κ2) is 10.6. The minimum absolute atomic E-state index is 0.1000. The molecule has 1 saturated heterocycles. The Bertz CT molecular complexity index is 937. The van der Waals surface area contributed by atoms with Crippen molar-refractivity contribution in [3.63, 3.8) is 0 Å². The molecule has 0 aliphatic carbocycles. The van der Waals surface area contributed by atoms with Crippen molar-refractivity contribution in [1.29, 1.82) is 0 Å². The zero-order chi connectivity index (χ0) is 22.3. The van der Waals surface area contributed by atoms with E-state index in [0.717, 1.165) is 50.4 Å². The van der Waals surface area contributed by atoms with Gasteiger partial charge in [0.15, 0.2) is 0 Å². The Morgan fingerprint density at radius 2 is 2.09 bits per heavy atom. The molecule has 0 saturated carbocycles. The Morgan fingerprint density at radius 3 is 2.91 bits per heavy atom. The predicted molar refractivity (Wildman–Crippen MR) is 121 cm³/mol. The number of rotatable bonds is 9. The number of amides is 1. The largest absolute Gasteiger partial charge is 0.480 e. The van der Waals surface area contributed by atoms with Gasteiger partial charge in [-0.15, -0.1) is 0 Å². The molecule has 1 fully saturated rings. The lowest BCUT2D eigenvalue weighted by Crippen LogP contribution is -2.43. The van der Waals surface area contributed by atoms with Gasteiger partial charge in [0.1, 0.15) is 11.9 Å². The molecule has 0 bridgehead atoms. The van der Waals surface area contributed by atoms with Gasteiger partial charge in [0.25, 0.3) is 5.91 Å². The van der Waals surface area contributed by atoms with Gasteiger partial charge in [0.05, 0.1) is 18.4 Å². The molecule has 0 spiro atoms. The Balaban J connectivity index is 1.22. The normalized spacial score (nSPS) is 19.1. The zero-order valence-corrected chi connectivity index (χ0v) is 18.1. The highest BCUT2D eigenvalue weighted by atomic mass is 16.5. The van der Waals surface area contributed by atoms with Crippen molar-refractivity contribution in [2.75, 3.05) is 31.5 Å². The molecular weight excluding hydrogens is 408 g/mol. The van der Waals surface area contributed by atoms with Crippen molar-refractivity contribution < 1.29 is 19.4 Å². The molecule has 32 heavy (non-hydrogen) atoms. The van der Waals surface area contributed by atoms with E-state index in [9.17, 15) is 14.7 Å². The Kier molecular flexibility index (Phi) is 7.34. The van der Waals surface area contributed by atoms with Gasteiger partial charge >= 0.3 is 5.97 Å². The van der Waals surface area contributed by atoms with Crippen LogP contribution in [0.2, 0.25) is 0 Å².